The van der Waals surface area contributed by atoms with E-state index < -0.39 is 5.97 Å². The fourth-order valence-electron chi connectivity index (χ4n) is 2.39. The number of ether oxygens (including phenoxy) is 1. The normalized spacial score (nSPS) is 10.6. The molecule has 2 aromatic rings. The van der Waals surface area contributed by atoms with E-state index in [2.05, 4.69) is 4.74 Å². The number of methoxy groups -OCH3 is 1. The second-order valence-electron chi connectivity index (χ2n) is 5.34. The number of carbonyl (C=O) groups excluding carboxylic acids is 1. The molecule has 23 heavy (non-hydrogen) atoms. The third-order valence-electron chi connectivity index (χ3n) is 3.71. The maximum atomic E-state index is 12.4. The summed E-state index contributed by atoms with van der Waals surface area (Å²) < 4.78 is 7.36. The molecule has 1 aromatic carbocycles. The van der Waals surface area contributed by atoms with Crippen molar-refractivity contribution in [2.45, 2.75) is 26.3 Å². The Morgan fingerprint density at radius 2 is 1.83 bits per heavy atom. The van der Waals surface area contributed by atoms with E-state index in [1.165, 1.54) is 20.2 Å². The largest absolute Gasteiger partial charge is 0.465 e. The Hall–Kier alpha value is -2.63. The lowest BCUT2D eigenvalue weighted by Gasteiger charge is -2.13. The molecular formula is C17H20N2O4. The van der Waals surface area contributed by atoms with Crippen LogP contribution in [0.4, 0.5) is 0 Å². The molecule has 1 aromatic heterocycles. The van der Waals surface area contributed by atoms with E-state index in [9.17, 15) is 14.4 Å². The molecule has 6 heteroatoms. The number of nitrogens with zero attached hydrogens (tertiary/aromatic N) is 2. The zero-order chi connectivity index (χ0) is 17.0. The number of hydrogen-bond donors (Lipinski definition) is 0. The Balaban J connectivity index is 2.39. The van der Waals surface area contributed by atoms with Crippen molar-refractivity contribution in [3.8, 4) is 0 Å². The molecule has 0 spiro atoms. The summed E-state index contributed by atoms with van der Waals surface area (Å²) in [4.78, 5) is 35.6. The molecule has 6 nitrogen and oxygen atoms in total. The smallest absolute Gasteiger partial charge is 0.337 e. The lowest BCUT2D eigenvalue weighted by atomic mass is 10.1. The van der Waals surface area contributed by atoms with Gasteiger partial charge in [-0.3, -0.25) is 13.9 Å². The van der Waals surface area contributed by atoms with E-state index in [4.69, 9.17) is 0 Å². The average molecular weight is 316 g/mol. The van der Waals surface area contributed by atoms with Crippen molar-refractivity contribution in [2.24, 2.45) is 7.05 Å². The third-order valence-corrected chi connectivity index (χ3v) is 3.71. The van der Waals surface area contributed by atoms with Crippen LogP contribution in [0.5, 0.6) is 0 Å². The zero-order valence-electron chi connectivity index (χ0n) is 13.5. The van der Waals surface area contributed by atoms with Crippen LogP contribution in [-0.2, 0) is 24.8 Å². The first-order chi connectivity index (χ1) is 11.0. The molecule has 0 radical (unpaired) electrons. The zero-order valence-corrected chi connectivity index (χ0v) is 13.5. The Bertz CT molecular complexity index is 816. The van der Waals surface area contributed by atoms with Gasteiger partial charge in [-0.25, -0.2) is 9.59 Å². The van der Waals surface area contributed by atoms with Crippen molar-refractivity contribution >= 4 is 5.97 Å². The summed E-state index contributed by atoms with van der Waals surface area (Å²) in [6, 6.07) is 8.38. The molecule has 0 saturated carbocycles. The molecule has 0 unspecified atom stereocenters. The highest BCUT2D eigenvalue weighted by Crippen LogP contribution is 2.08. The van der Waals surface area contributed by atoms with Crippen LogP contribution >= 0.6 is 0 Å². The van der Waals surface area contributed by atoms with Crippen LogP contribution < -0.4 is 11.2 Å². The Morgan fingerprint density at radius 3 is 2.39 bits per heavy atom. The molecule has 0 bridgehead atoms. The molecular weight excluding hydrogens is 296 g/mol. The quantitative estimate of drug-likeness (QED) is 0.780. The van der Waals surface area contributed by atoms with Gasteiger partial charge in [0.15, 0.2) is 0 Å². The van der Waals surface area contributed by atoms with Crippen LogP contribution in [0.1, 0.15) is 35.0 Å². The summed E-state index contributed by atoms with van der Waals surface area (Å²) in [5, 5.41) is 0. The maximum absolute atomic E-state index is 12.4. The Kier molecular flexibility index (Phi) is 5.16. The molecule has 0 saturated heterocycles. The van der Waals surface area contributed by atoms with Gasteiger partial charge in [0, 0.05) is 18.8 Å². The monoisotopic (exact) mass is 316 g/mol. The molecule has 0 amide bonds. The SMILES string of the molecule is CCCc1cc(=O)n(C)c(=O)n1Cc1ccc(C(=O)OC)cc1. The second kappa shape index (κ2) is 7.09. The van der Waals surface area contributed by atoms with Crippen molar-refractivity contribution in [3.63, 3.8) is 0 Å². The van der Waals surface area contributed by atoms with Crippen molar-refractivity contribution in [1.29, 1.82) is 0 Å². The number of benzene rings is 1. The summed E-state index contributed by atoms with van der Waals surface area (Å²) in [7, 11) is 2.80. The van der Waals surface area contributed by atoms with Crippen molar-refractivity contribution < 1.29 is 9.53 Å². The van der Waals surface area contributed by atoms with Gasteiger partial charge in [0.2, 0.25) is 0 Å². The first-order valence-electron chi connectivity index (χ1n) is 7.45. The number of carbonyl (C=O) groups is 1. The van der Waals surface area contributed by atoms with E-state index in [0.717, 1.165) is 22.2 Å². The fraction of sp³-hybridized carbons (Fsp3) is 0.353. The van der Waals surface area contributed by atoms with Gasteiger partial charge in [0.05, 0.1) is 19.2 Å². The molecule has 0 aliphatic rings. The minimum atomic E-state index is -0.400. The third kappa shape index (κ3) is 3.59. The number of esters is 1. The van der Waals surface area contributed by atoms with Crippen molar-refractivity contribution in [1.82, 2.24) is 9.13 Å². The van der Waals surface area contributed by atoms with Crippen molar-refractivity contribution in [3.05, 3.63) is 68.0 Å². The minimum Gasteiger partial charge on any atom is -0.465 e. The van der Waals surface area contributed by atoms with Gasteiger partial charge in [-0.15, -0.1) is 0 Å². The van der Waals surface area contributed by atoms with Crippen LogP contribution in [0.25, 0.3) is 0 Å². The number of hydrogen-bond acceptors (Lipinski definition) is 4. The molecule has 2 rings (SSSR count). The van der Waals surface area contributed by atoms with Crippen LogP contribution in [0.2, 0.25) is 0 Å². The van der Waals surface area contributed by atoms with Gasteiger partial charge >= 0.3 is 11.7 Å². The van der Waals surface area contributed by atoms with Gasteiger partial charge < -0.3 is 4.74 Å². The fourth-order valence-corrected chi connectivity index (χ4v) is 2.39. The Labute approximate surface area is 134 Å². The topological polar surface area (TPSA) is 70.3 Å². The summed E-state index contributed by atoms with van der Waals surface area (Å²) in [6.45, 7) is 2.35. The molecule has 0 fully saturated rings. The number of rotatable bonds is 5. The van der Waals surface area contributed by atoms with E-state index in [1.54, 1.807) is 28.8 Å². The highest BCUT2D eigenvalue weighted by molar-refractivity contribution is 5.89. The molecule has 1 heterocycles. The van der Waals surface area contributed by atoms with Crippen molar-refractivity contribution in [2.75, 3.05) is 7.11 Å². The van der Waals surface area contributed by atoms with Gasteiger partial charge in [0.1, 0.15) is 0 Å². The highest BCUT2D eigenvalue weighted by atomic mass is 16.5. The first kappa shape index (κ1) is 16.7. The van der Waals surface area contributed by atoms with Crippen LogP contribution in [0.15, 0.2) is 39.9 Å². The molecule has 0 aliphatic carbocycles. The number of aryl methyl sites for hydroxylation is 1. The van der Waals surface area contributed by atoms with Crippen LogP contribution in [0.3, 0.4) is 0 Å². The highest BCUT2D eigenvalue weighted by Gasteiger charge is 2.10. The van der Waals surface area contributed by atoms with E-state index in [1.807, 2.05) is 6.92 Å². The molecule has 0 atom stereocenters. The summed E-state index contributed by atoms with van der Waals surface area (Å²) in [5.41, 5.74) is 1.42. The predicted octanol–water partition coefficient (Wildman–Crippen LogP) is 1.33. The van der Waals surface area contributed by atoms with E-state index in [0.29, 0.717) is 18.5 Å². The van der Waals surface area contributed by atoms with E-state index >= 15 is 0 Å². The number of aromatic nitrogens is 2. The summed E-state index contributed by atoms with van der Waals surface area (Å²) in [5.74, 6) is -0.400. The summed E-state index contributed by atoms with van der Waals surface area (Å²) in [6.07, 6.45) is 1.50. The van der Waals surface area contributed by atoms with Gasteiger partial charge in [-0.1, -0.05) is 25.5 Å². The lowest BCUT2D eigenvalue weighted by Crippen LogP contribution is -2.39. The van der Waals surface area contributed by atoms with Gasteiger partial charge in [-0.2, -0.15) is 0 Å². The van der Waals surface area contributed by atoms with Gasteiger partial charge in [-0.05, 0) is 24.1 Å². The molecule has 122 valence electrons. The summed E-state index contributed by atoms with van der Waals surface area (Å²) >= 11 is 0. The molecule has 0 N–H and O–H groups in total. The first-order valence-corrected chi connectivity index (χ1v) is 7.45. The lowest BCUT2D eigenvalue weighted by molar-refractivity contribution is 0.0600. The minimum absolute atomic E-state index is 0.296. The van der Waals surface area contributed by atoms with Crippen LogP contribution in [-0.4, -0.2) is 22.2 Å². The predicted molar refractivity (Wildman–Crippen MR) is 86.8 cm³/mol. The maximum Gasteiger partial charge on any atom is 0.337 e. The second-order valence-corrected chi connectivity index (χ2v) is 5.34. The van der Waals surface area contributed by atoms with E-state index in [-0.39, 0.29) is 11.2 Å². The van der Waals surface area contributed by atoms with Crippen LogP contribution in [0, 0.1) is 0 Å². The standard InChI is InChI=1S/C17H20N2O4/c1-4-5-14-10-15(20)18(2)17(22)19(14)11-12-6-8-13(9-7-12)16(21)23-3/h6-10H,4-5,11H2,1-3H3. The molecule has 0 aliphatic heterocycles. The van der Waals surface area contributed by atoms with Gasteiger partial charge in [0.25, 0.3) is 5.56 Å². The average Bonchev–Trinajstić information content (AvgIpc) is 2.56. The Morgan fingerprint density at radius 1 is 1.17 bits per heavy atom.